The van der Waals surface area contributed by atoms with Gasteiger partial charge in [0.05, 0.1) is 12.7 Å². The van der Waals surface area contributed by atoms with Crippen LogP contribution in [0.2, 0.25) is 0 Å². The molecule has 4 heteroatoms. The molecule has 2 rings (SSSR count). The third-order valence-electron chi connectivity index (χ3n) is 2.96. The molecule has 0 amide bonds. The van der Waals surface area contributed by atoms with Gasteiger partial charge in [-0.3, -0.25) is 4.79 Å². The average molecular weight is 313 g/mol. The molecule has 98 valence electrons. The van der Waals surface area contributed by atoms with Crippen LogP contribution in [0.25, 0.3) is 0 Å². The molecular formula is C14H17BrO3. The van der Waals surface area contributed by atoms with E-state index in [-0.39, 0.29) is 11.9 Å². The van der Waals surface area contributed by atoms with Crippen LogP contribution >= 0.6 is 15.9 Å². The predicted octanol–water partition coefficient (Wildman–Crippen LogP) is 3.22. The number of benzene rings is 1. The predicted molar refractivity (Wildman–Crippen MR) is 72.9 cm³/mol. The molecule has 0 aliphatic carbocycles. The summed E-state index contributed by atoms with van der Waals surface area (Å²) in [6, 6.07) is 7.47. The first kappa shape index (κ1) is 13.7. The highest BCUT2D eigenvalue weighted by molar-refractivity contribution is 9.10. The number of halogens is 1. The van der Waals surface area contributed by atoms with Crippen molar-refractivity contribution >= 4 is 21.7 Å². The Balaban J connectivity index is 1.66. The van der Waals surface area contributed by atoms with Gasteiger partial charge in [-0.25, -0.2) is 0 Å². The zero-order valence-corrected chi connectivity index (χ0v) is 11.8. The van der Waals surface area contributed by atoms with Crippen molar-refractivity contribution in [3.8, 4) is 0 Å². The highest BCUT2D eigenvalue weighted by Gasteiger charge is 2.15. The minimum atomic E-state index is 0.175. The number of carbonyl (C=O) groups excluding carboxylic acids is 1. The Morgan fingerprint density at radius 1 is 1.39 bits per heavy atom. The second-order valence-corrected chi connectivity index (χ2v) is 5.31. The maximum absolute atomic E-state index is 11.9. The topological polar surface area (TPSA) is 35.5 Å². The zero-order valence-electron chi connectivity index (χ0n) is 10.2. The lowest BCUT2D eigenvalue weighted by atomic mass is 10.1. The van der Waals surface area contributed by atoms with Gasteiger partial charge in [0.2, 0.25) is 0 Å². The molecule has 1 saturated heterocycles. The number of ketones is 1. The summed E-state index contributed by atoms with van der Waals surface area (Å²) >= 11 is 3.35. The molecule has 1 aromatic carbocycles. The van der Waals surface area contributed by atoms with Crippen molar-refractivity contribution in [2.24, 2.45) is 0 Å². The molecule has 0 aromatic heterocycles. The first-order valence-corrected chi connectivity index (χ1v) is 7.03. The molecule has 0 radical (unpaired) electrons. The SMILES string of the molecule is O=C(CCCOC1CCOC1)c1ccc(Br)cc1. The van der Waals surface area contributed by atoms with Gasteiger partial charge < -0.3 is 9.47 Å². The van der Waals surface area contributed by atoms with E-state index in [1.54, 1.807) is 0 Å². The van der Waals surface area contributed by atoms with Gasteiger partial charge in [0.1, 0.15) is 0 Å². The van der Waals surface area contributed by atoms with Crippen LogP contribution in [0.1, 0.15) is 29.6 Å². The smallest absolute Gasteiger partial charge is 0.162 e. The molecule has 0 saturated carbocycles. The lowest BCUT2D eigenvalue weighted by molar-refractivity contribution is 0.0403. The van der Waals surface area contributed by atoms with Crippen LogP contribution in [-0.4, -0.2) is 31.7 Å². The summed E-state index contributed by atoms with van der Waals surface area (Å²) in [5, 5.41) is 0. The van der Waals surface area contributed by atoms with E-state index >= 15 is 0 Å². The van der Waals surface area contributed by atoms with Crippen LogP contribution in [0.3, 0.4) is 0 Å². The molecule has 1 unspecified atom stereocenters. The van der Waals surface area contributed by atoms with Crippen LogP contribution in [-0.2, 0) is 9.47 Å². The zero-order chi connectivity index (χ0) is 12.8. The number of Topliss-reactive ketones (excluding diaryl/α,β-unsaturated/α-hetero) is 1. The standard InChI is InChI=1S/C14H17BrO3/c15-12-5-3-11(4-6-12)14(16)2-1-8-18-13-7-9-17-10-13/h3-6,13H,1-2,7-10H2. The van der Waals surface area contributed by atoms with E-state index in [0.717, 1.165) is 29.5 Å². The van der Waals surface area contributed by atoms with Gasteiger partial charge in [-0.05, 0) is 25.0 Å². The Hall–Kier alpha value is -0.710. The van der Waals surface area contributed by atoms with E-state index < -0.39 is 0 Å². The number of hydrogen-bond donors (Lipinski definition) is 0. The molecule has 0 N–H and O–H groups in total. The Morgan fingerprint density at radius 2 is 2.17 bits per heavy atom. The summed E-state index contributed by atoms with van der Waals surface area (Å²) in [6.45, 7) is 2.12. The molecule has 0 bridgehead atoms. The van der Waals surface area contributed by atoms with Crippen molar-refractivity contribution in [2.45, 2.75) is 25.4 Å². The average Bonchev–Trinajstić information content (AvgIpc) is 2.88. The van der Waals surface area contributed by atoms with Gasteiger partial charge in [0, 0.05) is 29.7 Å². The summed E-state index contributed by atoms with van der Waals surface area (Å²) in [4.78, 5) is 11.9. The first-order chi connectivity index (χ1) is 8.75. The molecule has 1 aromatic rings. The van der Waals surface area contributed by atoms with E-state index in [1.807, 2.05) is 24.3 Å². The van der Waals surface area contributed by atoms with Crippen LogP contribution in [0.5, 0.6) is 0 Å². The van der Waals surface area contributed by atoms with E-state index in [1.165, 1.54) is 0 Å². The summed E-state index contributed by atoms with van der Waals surface area (Å²) in [6.07, 6.45) is 2.51. The molecule has 1 heterocycles. The van der Waals surface area contributed by atoms with E-state index in [2.05, 4.69) is 15.9 Å². The second kappa shape index (κ2) is 7.02. The summed E-state index contributed by atoms with van der Waals surface area (Å²) in [5.41, 5.74) is 0.766. The van der Waals surface area contributed by atoms with Crippen molar-refractivity contribution in [3.63, 3.8) is 0 Å². The molecule has 3 nitrogen and oxygen atoms in total. The van der Waals surface area contributed by atoms with Gasteiger partial charge in [-0.2, -0.15) is 0 Å². The van der Waals surface area contributed by atoms with Gasteiger partial charge in [-0.15, -0.1) is 0 Å². The minimum absolute atomic E-state index is 0.175. The monoisotopic (exact) mass is 312 g/mol. The van der Waals surface area contributed by atoms with E-state index in [9.17, 15) is 4.79 Å². The van der Waals surface area contributed by atoms with Crippen LogP contribution in [0.15, 0.2) is 28.7 Å². The molecule has 18 heavy (non-hydrogen) atoms. The van der Waals surface area contributed by atoms with Crippen molar-refractivity contribution in [2.75, 3.05) is 19.8 Å². The third kappa shape index (κ3) is 4.19. The number of hydrogen-bond acceptors (Lipinski definition) is 3. The third-order valence-corrected chi connectivity index (χ3v) is 3.48. The van der Waals surface area contributed by atoms with Crippen LogP contribution in [0, 0.1) is 0 Å². The fourth-order valence-electron chi connectivity index (χ4n) is 1.91. The van der Waals surface area contributed by atoms with Gasteiger partial charge in [0.15, 0.2) is 5.78 Å². The fraction of sp³-hybridized carbons (Fsp3) is 0.500. The maximum atomic E-state index is 11.9. The summed E-state index contributed by atoms with van der Waals surface area (Å²) in [5.74, 6) is 0.175. The maximum Gasteiger partial charge on any atom is 0.162 e. The van der Waals surface area contributed by atoms with E-state index in [0.29, 0.717) is 19.6 Å². The number of carbonyl (C=O) groups is 1. The molecule has 1 fully saturated rings. The Kier molecular flexibility index (Phi) is 5.35. The highest BCUT2D eigenvalue weighted by Crippen LogP contribution is 2.13. The second-order valence-electron chi connectivity index (χ2n) is 4.39. The Labute approximate surface area is 116 Å². The minimum Gasteiger partial charge on any atom is -0.379 e. The summed E-state index contributed by atoms with van der Waals surface area (Å²) < 4.78 is 11.8. The first-order valence-electron chi connectivity index (χ1n) is 6.24. The number of ether oxygens (including phenoxy) is 2. The van der Waals surface area contributed by atoms with Crippen LogP contribution < -0.4 is 0 Å². The lowest BCUT2D eigenvalue weighted by Gasteiger charge is -2.09. The highest BCUT2D eigenvalue weighted by atomic mass is 79.9. The van der Waals surface area contributed by atoms with Crippen molar-refractivity contribution < 1.29 is 14.3 Å². The molecular weight excluding hydrogens is 296 g/mol. The molecule has 1 aliphatic rings. The quantitative estimate of drug-likeness (QED) is 0.597. The van der Waals surface area contributed by atoms with Gasteiger partial charge in [-0.1, -0.05) is 28.1 Å². The lowest BCUT2D eigenvalue weighted by Crippen LogP contribution is -2.13. The molecule has 0 spiro atoms. The Bertz CT molecular complexity index is 383. The number of rotatable bonds is 6. The molecule has 1 aliphatic heterocycles. The Morgan fingerprint density at radius 3 is 2.83 bits per heavy atom. The van der Waals surface area contributed by atoms with Crippen LogP contribution in [0.4, 0.5) is 0 Å². The summed E-state index contributed by atoms with van der Waals surface area (Å²) in [7, 11) is 0. The van der Waals surface area contributed by atoms with E-state index in [4.69, 9.17) is 9.47 Å². The van der Waals surface area contributed by atoms with Gasteiger partial charge >= 0.3 is 0 Å². The normalized spacial score (nSPS) is 19.1. The largest absolute Gasteiger partial charge is 0.379 e. The van der Waals surface area contributed by atoms with Crippen molar-refractivity contribution in [1.82, 2.24) is 0 Å². The van der Waals surface area contributed by atoms with Crippen molar-refractivity contribution in [3.05, 3.63) is 34.3 Å². The van der Waals surface area contributed by atoms with Crippen molar-refractivity contribution in [1.29, 1.82) is 0 Å². The fourth-order valence-corrected chi connectivity index (χ4v) is 2.17. The van der Waals surface area contributed by atoms with Gasteiger partial charge in [0.25, 0.3) is 0 Å². The molecule has 1 atom stereocenters.